The van der Waals surface area contributed by atoms with Gasteiger partial charge in [0.1, 0.15) is 0 Å². The number of fused-ring (bicyclic) bond motifs is 1. The molecule has 70 valence electrons. The molecule has 2 rings (SSSR count). The van der Waals surface area contributed by atoms with Crippen LogP contribution in [0.15, 0.2) is 22.7 Å². The highest BCUT2D eigenvalue weighted by molar-refractivity contribution is 9.10. The SMILES string of the molecule is COC1CCNc2c(Br)cccc21. The quantitative estimate of drug-likeness (QED) is 0.817. The molecule has 0 spiro atoms. The van der Waals surface area contributed by atoms with Crippen LogP contribution in [0, 0.1) is 0 Å². The first kappa shape index (κ1) is 9.03. The van der Waals surface area contributed by atoms with E-state index in [-0.39, 0.29) is 6.10 Å². The molecule has 0 radical (unpaired) electrons. The van der Waals surface area contributed by atoms with Gasteiger partial charge >= 0.3 is 0 Å². The second-order valence-electron chi connectivity index (χ2n) is 3.14. The Morgan fingerprint density at radius 2 is 2.38 bits per heavy atom. The summed E-state index contributed by atoms with van der Waals surface area (Å²) in [4.78, 5) is 0. The number of hydrogen-bond acceptors (Lipinski definition) is 2. The lowest BCUT2D eigenvalue weighted by Crippen LogP contribution is -2.18. The van der Waals surface area contributed by atoms with E-state index >= 15 is 0 Å². The fourth-order valence-electron chi connectivity index (χ4n) is 1.72. The van der Waals surface area contributed by atoms with E-state index in [9.17, 15) is 0 Å². The maximum Gasteiger partial charge on any atom is 0.0858 e. The first-order valence-corrected chi connectivity index (χ1v) is 5.17. The van der Waals surface area contributed by atoms with Crippen LogP contribution in [-0.4, -0.2) is 13.7 Å². The average Bonchev–Trinajstić information content (AvgIpc) is 2.18. The van der Waals surface area contributed by atoms with Crippen molar-refractivity contribution in [2.75, 3.05) is 19.0 Å². The van der Waals surface area contributed by atoms with Gasteiger partial charge in [0.05, 0.1) is 11.8 Å². The smallest absolute Gasteiger partial charge is 0.0858 e. The molecule has 0 saturated heterocycles. The van der Waals surface area contributed by atoms with Gasteiger partial charge in [-0.3, -0.25) is 0 Å². The van der Waals surface area contributed by atoms with Gasteiger partial charge in [0.15, 0.2) is 0 Å². The van der Waals surface area contributed by atoms with E-state index in [0.29, 0.717) is 0 Å². The Morgan fingerprint density at radius 1 is 1.54 bits per heavy atom. The maximum atomic E-state index is 5.41. The van der Waals surface area contributed by atoms with Gasteiger partial charge in [0, 0.05) is 23.7 Å². The molecule has 2 nitrogen and oxygen atoms in total. The van der Waals surface area contributed by atoms with Gasteiger partial charge in [-0.15, -0.1) is 0 Å². The highest BCUT2D eigenvalue weighted by Gasteiger charge is 2.20. The molecule has 1 aliphatic heterocycles. The zero-order valence-electron chi connectivity index (χ0n) is 7.51. The summed E-state index contributed by atoms with van der Waals surface area (Å²) in [6.45, 7) is 0.980. The minimum atomic E-state index is 0.244. The summed E-state index contributed by atoms with van der Waals surface area (Å²) in [6, 6.07) is 6.20. The Morgan fingerprint density at radius 3 is 3.15 bits per heavy atom. The number of benzene rings is 1. The van der Waals surface area contributed by atoms with Crippen molar-refractivity contribution < 1.29 is 4.74 Å². The Bertz CT molecular complexity index is 314. The van der Waals surface area contributed by atoms with Crippen LogP contribution in [0.25, 0.3) is 0 Å². The Balaban J connectivity index is 2.45. The molecule has 0 aliphatic carbocycles. The third-order valence-electron chi connectivity index (χ3n) is 2.39. The van der Waals surface area contributed by atoms with E-state index in [2.05, 4.69) is 27.3 Å². The molecule has 1 atom stereocenters. The number of rotatable bonds is 1. The lowest BCUT2D eigenvalue weighted by Gasteiger charge is -2.26. The Labute approximate surface area is 86.4 Å². The third-order valence-corrected chi connectivity index (χ3v) is 3.05. The molecule has 3 heteroatoms. The molecule has 0 amide bonds. The largest absolute Gasteiger partial charge is 0.384 e. The standard InChI is InChI=1S/C10H12BrNO/c1-13-9-5-6-12-10-7(9)3-2-4-8(10)11/h2-4,9,12H,5-6H2,1H3. The predicted molar refractivity (Wildman–Crippen MR) is 57.0 cm³/mol. The van der Waals surface area contributed by atoms with Crippen molar-refractivity contribution in [2.45, 2.75) is 12.5 Å². The molecule has 0 bridgehead atoms. The topological polar surface area (TPSA) is 21.3 Å². The minimum absolute atomic E-state index is 0.244. The summed E-state index contributed by atoms with van der Waals surface area (Å²) >= 11 is 3.52. The van der Waals surface area contributed by atoms with E-state index in [0.717, 1.165) is 17.4 Å². The molecule has 0 fully saturated rings. The minimum Gasteiger partial charge on any atom is -0.384 e. The summed E-state index contributed by atoms with van der Waals surface area (Å²) in [5, 5.41) is 3.37. The summed E-state index contributed by atoms with van der Waals surface area (Å²) in [7, 11) is 1.76. The Hall–Kier alpha value is -0.540. The van der Waals surface area contributed by atoms with Gasteiger partial charge in [-0.25, -0.2) is 0 Å². The van der Waals surface area contributed by atoms with E-state index in [1.165, 1.54) is 11.3 Å². The molecular weight excluding hydrogens is 230 g/mol. The monoisotopic (exact) mass is 241 g/mol. The first-order chi connectivity index (χ1) is 6.33. The van der Waals surface area contributed by atoms with Gasteiger partial charge in [-0.05, 0) is 28.4 Å². The number of anilines is 1. The second kappa shape index (κ2) is 3.68. The van der Waals surface area contributed by atoms with E-state index < -0.39 is 0 Å². The molecule has 1 aromatic carbocycles. The summed E-state index contributed by atoms with van der Waals surface area (Å²) in [5.74, 6) is 0. The van der Waals surface area contributed by atoms with Crippen molar-refractivity contribution >= 4 is 21.6 Å². The number of para-hydroxylation sites is 1. The van der Waals surface area contributed by atoms with E-state index in [1.54, 1.807) is 7.11 Å². The predicted octanol–water partition coefficient (Wildman–Crippen LogP) is 2.95. The third kappa shape index (κ3) is 1.58. The van der Waals surface area contributed by atoms with Crippen molar-refractivity contribution in [1.82, 2.24) is 0 Å². The molecule has 1 aromatic rings. The zero-order chi connectivity index (χ0) is 9.26. The number of halogens is 1. The van der Waals surface area contributed by atoms with Crippen molar-refractivity contribution in [3.05, 3.63) is 28.2 Å². The Kier molecular flexibility index (Phi) is 2.56. The lowest BCUT2D eigenvalue weighted by molar-refractivity contribution is 0.0964. The van der Waals surface area contributed by atoms with Crippen molar-refractivity contribution in [3.8, 4) is 0 Å². The van der Waals surface area contributed by atoms with Gasteiger partial charge in [0.2, 0.25) is 0 Å². The van der Waals surface area contributed by atoms with Crippen LogP contribution in [-0.2, 0) is 4.74 Å². The van der Waals surface area contributed by atoms with Crippen LogP contribution in [0.1, 0.15) is 18.1 Å². The molecular formula is C10H12BrNO. The molecule has 1 heterocycles. The van der Waals surface area contributed by atoms with Crippen LogP contribution < -0.4 is 5.32 Å². The van der Waals surface area contributed by atoms with Gasteiger partial charge in [0.25, 0.3) is 0 Å². The maximum absolute atomic E-state index is 5.41. The van der Waals surface area contributed by atoms with Crippen molar-refractivity contribution in [1.29, 1.82) is 0 Å². The second-order valence-corrected chi connectivity index (χ2v) is 4.00. The first-order valence-electron chi connectivity index (χ1n) is 4.38. The molecule has 0 saturated carbocycles. The average molecular weight is 242 g/mol. The van der Waals surface area contributed by atoms with Crippen molar-refractivity contribution in [3.63, 3.8) is 0 Å². The van der Waals surface area contributed by atoms with Gasteiger partial charge in [-0.1, -0.05) is 12.1 Å². The zero-order valence-corrected chi connectivity index (χ0v) is 9.10. The summed E-state index contributed by atoms with van der Waals surface area (Å²) in [6.07, 6.45) is 1.29. The van der Waals surface area contributed by atoms with E-state index in [4.69, 9.17) is 4.74 Å². The molecule has 1 unspecified atom stereocenters. The fraction of sp³-hybridized carbons (Fsp3) is 0.400. The van der Waals surface area contributed by atoms with Gasteiger partial charge in [-0.2, -0.15) is 0 Å². The van der Waals surface area contributed by atoms with Crippen LogP contribution >= 0.6 is 15.9 Å². The van der Waals surface area contributed by atoms with Crippen LogP contribution in [0.5, 0.6) is 0 Å². The molecule has 1 N–H and O–H groups in total. The van der Waals surface area contributed by atoms with E-state index in [1.807, 2.05) is 12.1 Å². The molecule has 13 heavy (non-hydrogen) atoms. The number of nitrogens with one attached hydrogen (secondary N) is 1. The fourth-order valence-corrected chi connectivity index (χ4v) is 2.25. The van der Waals surface area contributed by atoms with Crippen molar-refractivity contribution in [2.24, 2.45) is 0 Å². The number of ether oxygens (including phenoxy) is 1. The van der Waals surface area contributed by atoms with Crippen LogP contribution in [0.3, 0.4) is 0 Å². The summed E-state index contributed by atoms with van der Waals surface area (Å²) in [5.41, 5.74) is 2.43. The van der Waals surface area contributed by atoms with Crippen LogP contribution in [0.2, 0.25) is 0 Å². The van der Waals surface area contributed by atoms with Crippen LogP contribution in [0.4, 0.5) is 5.69 Å². The lowest BCUT2D eigenvalue weighted by atomic mass is 10.0. The highest BCUT2D eigenvalue weighted by Crippen LogP contribution is 2.36. The van der Waals surface area contributed by atoms with Gasteiger partial charge < -0.3 is 10.1 Å². The molecule has 1 aliphatic rings. The molecule has 0 aromatic heterocycles. The summed E-state index contributed by atoms with van der Waals surface area (Å²) < 4.78 is 6.53. The number of methoxy groups -OCH3 is 1. The highest BCUT2D eigenvalue weighted by atomic mass is 79.9. The number of hydrogen-bond donors (Lipinski definition) is 1. The normalized spacial score (nSPS) is 20.6.